The fourth-order valence-electron chi connectivity index (χ4n) is 1.83. The van der Waals surface area contributed by atoms with Crippen LogP contribution in [0.4, 0.5) is 0 Å². The third-order valence-electron chi connectivity index (χ3n) is 3.00. The first-order valence-electron chi connectivity index (χ1n) is 6.38. The molecule has 0 unspecified atom stereocenters. The Bertz CT molecular complexity index is 608. The molecule has 3 nitrogen and oxygen atoms in total. The minimum Gasteiger partial charge on any atom is -0.493 e. The summed E-state index contributed by atoms with van der Waals surface area (Å²) >= 11 is 4.92. The van der Waals surface area contributed by atoms with E-state index in [4.69, 9.17) is 27.4 Å². The molecule has 2 aromatic carbocycles. The van der Waals surface area contributed by atoms with Gasteiger partial charge in [0.1, 0.15) is 10.7 Å². The minimum atomic E-state index is 0.376. The van der Waals surface area contributed by atoms with Crippen LogP contribution in [0.5, 0.6) is 17.2 Å². The van der Waals surface area contributed by atoms with Crippen molar-refractivity contribution in [2.75, 3.05) is 7.11 Å². The molecule has 0 saturated carbocycles. The van der Waals surface area contributed by atoms with Gasteiger partial charge in [0.25, 0.3) is 0 Å². The van der Waals surface area contributed by atoms with Gasteiger partial charge in [-0.2, -0.15) is 0 Å². The Morgan fingerprint density at radius 3 is 2.35 bits per heavy atom. The molecule has 0 atom stereocenters. The summed E-state index contributed by atoms with van der Waals surface area (Å²) in [7, 11) is 1.64. The number of hydrogen-bond acceptors (Lipinski definition) is 3. The van der Waals surface area contributed by atoms with Crippen LogP contribution in [-0.4, -0.2) is 12.1 Å². The minimum absolute atomic E-state index is 0.376. The van der Waals surface area contributed by atoms with Gasteiger partial charge < -0.3 is 15.2 Å². The van der Waals surface area contributed by atoms with Gasteiger partial charge in [0.15, 0.2) is 11.5 Å². The van der Waals surface area contributed by atoms with Gasteiger partial charge in [-0.1, -0.05) is 25.2 Å². The molecule has 2 N–H and O–H groups in total. The summed E-state index contributed by atoms with van der Waals surface area (Å²) in [5.74, 6) is 2.13. The quantitative estimate of drug-likeness (QED) is 0.852. The van der Waals surface area contributed by atoms with Gasteiger partial charge in [-0.15, -0.1) is 0 Å². The highest BCUT2D eigenvalue weighted by Crippen LogP contribution is 2.32. The van der Waals surface area contributed by atoms with Crippen LogP contribution >= 0.6 is 12.2 Å². The molecular formula is C16H17NO2S. The number of ether oxygens (including phenoxy) is 2. The van der Waals surface area contributed by atoms with Crippen molar-refractivity contribution in [2.24, 2.45) is 5.73 Å². The molecule has 0 bridgehead atoms. The van der Waals surface area contributed by atoms with E-state index >= 15 is 0 Å². The predicted molar refractivity (Wildman–Crippen MR) is 84.8 cm³/mol. The number of thiocarbonyl (C=S) groups is 1. The van der Waals surface area contributed by atoms with Crippen LogP contribution in [-0.2, 0) is 6.42 Å². The molecule has 0 heterocycles. The maximum absolute atomic E-state index is 5.83. The van der Waals surface area contributed by atoms with E-state index in [0.717, 1.165) is 17.7 Å². The summed E-state index contributed by atoms with van der Waals surface area (Å²) < 4.78 is 11.2. The second kappa shape index (κ2) is 6.39. The van der Waals surface area contributed by atoms with Gasteiger partial charge in [0.2, 0.25) is 0 Å². The Hall–Kier alpha value is -2.07. The van der Waals surface area contributed by atoms with Crippen molar-refractivity contribution in [3.05, 3.63) is 53.6 Å². The lowest BCUT2D eigenvalue weighted by molar-refractivity contribution is 0.378. The number of rotatable bonds is 5. The summed E-state index contributed by atoms with van der Waals surface area (Å²) in [6, 6.07) is 13.3. The van der Waals surface area contributed by atoms with Crippen LogP contribution in [0, 0.1) is 0 Å². The van der Waals surface area contributed by atoms with Crippen LogP contribution < -0.4 is 15.2 Å². The molecule has 4 heteroatoms. The lowest BCUT2D eigenvalue weighted by Crippen LogP contribution is -2.08. The standard InChI is InChI=1S/C16H17NO2S/c1-3-11-4-9-14(15(10-11)18-2)19-13-7-5-12(6-8-13)16(17)20/h4-10H,3H2,1-2H3,(H2,17,20). The molecule has 20 heavy (non-hydrogen) atoms. The van der Waals surface area contributed by atoms with Gasteiger partial charge in [-0.25, -0.2) is 0 Å². The van der Waals surface area contributed by atoms with E-state index in [1.165, 1.54) is 5.56 Å². The molecule has 0 aliphatic rings. The molecule has 2 rings (SSSR count). The van der Waals surface area contributed by atoms with Crippen LogP contribution in [0.15, 0.2) is 42.5 Å². The highest BCUT2D eigenvalue weighted by atomic mass is 32.1. The molecule has 104 valence electrons. The first-order chi connectivity index (χ1) is 9.63. The average molecular weight is 287 g/mol. The van der Waals surface area contributed by atoms with Gasteiger partial charge in [-0.05, 0) is 48.4 Å². The second-order valence-electron chi connectivity index (χ2n) is 4.33. The van der Waals surface area contributed by atoms with E-state index in [1.54, 1.807) is 7.11 Å². The Balaban J connectivity index is 2.23. The lowest BCUT2D eigenvalue weighted by Gasteiger charge is -2.11. The lowest BCUT2D eigenvalue weighted by atomic mass is 10.1. The molecule has 0 fully saturated rings. The molecule has 0 aliphatic heterocycles. The van der Waals surface area contributed by atoms with Gasteiger partial charge >= 0.3 is 0 Å². The summed E-state index contributed by atoms with van der Waals surface area (Å²) in [4.78, 5) is 0.376. The average Bonchev–Trinajstić information content (AvgIpc) is 2.48. The van der Waals surface area contributed by atoms with Gasteiger partial charge in [-0.3, -0.25) is 0 Å². The van der Waals surface area contributed by atoms with Gasteiger partial charge in [0, 0.05) is 5.56 Å². The third-order valence-corrected chi connectivity index (χ3v) is 3.24. The number of benzene rings is 2. The molecule has 0 saturated heterocycles. The van der Waals surface area contributed by atoms with Crippen LogP contribution in [0.2, 0.25) is 0 Å². The zero-order valence-corrected chi connectivity index (χ0v) is 12.4. The summed E-state index contributed by atoms with van der Waals surface area (Å²) in [6.07, 6.45) is 0.958. The summed E-state index contributed by atoms with van der Waals surface area (Å²) in [5, 5.41) is 0. The zero-order chi connectivity index (χ0) is 14.5. The van der Waals surface area contributed by atoms with Gasteiger partial charge in [0.05, 0.1) is 7.11 Å². The maximum Gasteiger partial charge on any atom is 0.169 e. The maximum atomic E-state index is 5.83. The van der Waals surface area contributed by atoms with Crippen molar-refractivity contribution in [1.82, 2.24) is 0 Å². The van der Waals surface area contributed by atoms with E-state index in [2.05, 4.69) is 6.92 Å². The highest BCUT2D eigenvalue weighted by Gasteiger charge is 2.07. The zero-order valence-electron chi connectivity index (χ0n) is 11.6. The van der Waals surface area contributed by atoms with E-state index in [-0.39, 0.29) is 0 Å². The number of aryl methyl sites for hydroxylation is 1. The number of nitrogens with two attached hydrogens (primary N) is 1. The highest BCUT2D eigenvalue weighted by molar-refractivity contribution is 7.80. The number of methoxy groups -OCH3 is 1. The van der Waals surface area contributed by atoms with Crippen molar-refractivity contribution in [3.8, 4) is 17.2 Å². The van der Waals surface area contributed by atoms with E-state index in [1.807, 2.05) is 42.5 Å². The normalized spacial score (nSPS) is 10.1. The first-order valence-corrected chi connectivity index (χ1v) is 6.79. The topological polar surface area (TPSA) is 44.5 Å². The molecule has 0 amide bonds. The van der Waals surface area contributed by atoms with E-state index < -0.39 is 0 Å². The fourth-order valence-corrected chi connectivity index (χ4v) is 1.97. The Morgan fingerprint density at radius 1 is 1.10 bits per heavy atom. The third kappa shape index (κ3) is 3.27. The van der Waals surface area contributed by atoms with E-state index in [9.17, 15) is 0 Å². The van der Waals surface area contributed by atoms with E-state index in [0.29, 0.717) is 16.5 Å². The summed E-state index contributed by atoms with van der Waals surface area (Å²) in [5.41, 5.74) is 7.59. The fraction of sp³-hybridized carbons (Fsp3) is 0.188. The second-order valence-corrected chi connectivity index (χ2v) is 4.77. The van der Waals surface area contributed by atoms with Crippen LogP contribution in [0.25, 0.3) is 0 Å². The molecule has 0 aromatic heterocycles. The largest absolute Gasteiger partial charge is 0.493 e. The van der Waals surface area contributed by atoms with Crippen molar-refractivity contribution in [1.29, 1.82) is 0 Å². The Morgan fingerprint density at radius 2 is 1.80 bits per heavy atom. The monoisotopic (exact) mass is 287 g/mol. The van der Waals surface area contributed by atoms with Crippen LogP contribution in [0.3, 0.4) is 0 Å². The Kier molecular flexibility index (Phi) is 4.58. The van der Waals surface area contributed by atoms with Crippen LogP contribution in [0.1, 0.15) is 18.1 Å². The smallest absolute Gasteiger partial charge is 0.169 e. The first kappa shape index (κ1) is 14.3. The molecule has 2 aromatic rings. The molecule has 0 spiro atoms. The summed E-state index contributed by atoms with van der Waals surface area (Å²) in [6.45, 7) is 2.10. The number of hydrogen-bond donors (Lipinski definition) is 1. The van der Waals surface area contributed by atoms with Crippen molar-refractivity contribution in [2.45, 2.75) is 13.3 Å². The SMILES string of the molecule is CCc1ccc(Oc2ccc(C(N)=S)cc2)c(OC)c1. The molecule has 0 radical (unpaired) electrons. The predicted octanol–water partition coefficient (Wildman–Crippen LogP) is 3.68. The van der Waals surface area contributed by atoms with Crippen molar-refractivity contribution < 1.29 is 9.47 Å². The molecule has 0 aliphatic carbocycles. The van der Waals surface area contributed by atoms with Crippen molar-refractivity contribution in [3.63, 3.8) is 0 Å². The van der Waals surface area contributed by atoms with Crippen molar-refractivity contribution >= 4 is 17.2 Å². The molecular weight excluding hydrogens is 270 g/mol. The Labute approximate surface area is 124 Å².